The summed E-state index contributed by atoms with van der Waals surface area (Å²) in [5, 5.41) is 8.81. The van der Waals surface area contributed by atoms with E-state index < -0.39 is 30.8 Å². The lowest BCUT2D eigenvalue weighted by Gasteiger charge is -2.18. The van der Waals surface area contributed by atoms with Crippen LogP contribution in [-0.2, 0) is 14.1 Å². The largest absolute Gasteiger partial charge is 0.448 e. The molecule has 0 aromatic heterocycles. The number of unbranched alkanes of at least 4 members (excludes halogenated alkanes) is 12. The van der Waals surface area contributed by atoms with Crippen LogP contribution in [0.2, 0.25) is 0 Å². The van der Waals surface area contributed by atoms with E-state index in [4.69, 9.17) is 14.5 Å². The first-order valence-corrected chi connectivity index (χ1v) is 13.5. The van der Waals surface area contributed by atoms with Crippen LogP contribution in [0.5, 0.6) is 0 Å². The molecule has 0 saturated heterocycles. The van der Waals surface area contributed by atoms with Crippen molar-refractivity contribution in [2.24, 2.45) is 0 Å². The van der Waals surface area contributed by atoms with Crippen molar-refractivity contribution in [3.8, 4) is 0 Å². The number of carbonyl (C=O) groups excluding carboxylic acids is 1. The van der Waals surface area contributed by atoms with Gasteiger partial charge in [-0.15, -0.1) is 0 Å². The quantitative estimate of drug-likeness (QED) is 0.0940. The van der Waals surface area contributed by atoms with Crippen LogP contribution in [0.4, 0.5) is 0 Å². The molecule has 6 nitrogen and oxygen atoms in total. The summed E-state index contributed by atoms with van der Waals surface area (Å²) in [6.07, 6.45) is 14.7. The molecule has 0 rings (SSSR count). The van der Waals surface area contributed by atoms with Gasteiger partial charge in [0.25, 0.3) is 0 Å². The Hall–Kier alpha value is 0.0600. The third-order valence-electron chi connectivity index (χ3n) is 4.75. The van der Waals surface area contributed by atoms with Crippen LogP contribution in [0.3, 0.4) is 0 Å². The smallest absolute Gasteiger partial charge is 0.325 e. The molecule has 0 fully saturated rings. The predicted octanol–water partition coefficient (Wildman–Crippen LogP) is 5.66. The average Bonchev–Trinajstić information content (AvgIpc) is 2.62. The van der Waals surface area contributed by atoms with Gasteiger partial charge in [0, 0.05) is 6.42 Å². The fourth-order valence-electron chi connectivity index (χ4n) is 2.98. The normalized spacial score (nSPS) is 14.0. The van der Waals surface area contributed by atoms with Crippen molar-refractivity contribution < 1.29 is 29.0 Å². The Bertz CT molecular complexity index is 429. The first-order valence-electron chi connectivity index (χ1n) is 10.8. The molecular formula is C20H40BrO6P. The number of hydrogen-bond donors (Lipinski definition) is 3. The Labute approximate surface area is 179 Å². The molecule has 0 aromatic rings. The van der Waals surface area contributed by atoms with E-state index in [1.54, 1.807) is 0 Å². The molecule has 168 valence electrons. The number of halogens is 1. The van der Waals surface area contributed by atoms with Gasteiger partial charge in [0.15, 0.2) is 5.01 Å². The highest BCUT2D eigenvalue weighted by atomic mass is 79.9. The molecule has 0 aliphatic rings. The number of esters is 1. The highest BCUT2D eigenvalue weighted by Gasteiger charge is 2.23. The van der Waals surface area contributed by atoms with Crippen molar-refractivity contribution in [1.82, 2.24) is 0 Å². The SMILES string of the molecule is CCCCCCCCCCCCCCCC(=O)OC(Br)[C@@H](O)CCP(=O)(O)O. The van der Waals surface area contributed by atoms with Gasteiger partial charge in [0.2, 0.25) is 0 Å². The van der Waals surface area contributed by atoms with E-state index in [1.165, 1.54) is 64.2 Å². The molecule has 0 heterocycles. The topological polar surface area (TPSA) is 104 Å². The fraction of sp³-hybridized carbons (Fsp3) is 0.950. The second-order valence-electron chi connectivity index (χ2n) is 7.58. The van der Waals surface area contributed by atoms with Gasteiger partial charge in [-0.3, -0.25) is 9.36 Å². The van der Waals surface area contributed by atoms with Gasteiger partial charge in [-0.25, -0.2) is 0 Å². The van der Waals surface area contributed by atoms with Crippen LogP contribution < -0.4 is 0 Å². The van der Waals surface area contributed by atoms with Gasteiger partial charge in [-0.1, -0.05) is 84.0 Å². The standard InChI is InChI=1S/C20H40BrO6P/c1-2-3-4-5-6-7-8-9-10-11-12-13-14-15-19(23)27-20(21)18(22)16-17-28(24,25)26/h18,20,22H,2-17H2,1H3,(H2,24,25,26)/t18-,20?/m0/s1. The van der Waals surface area contributed by atoms with E-state index in [-0.39, 0.29) is 6.42 Å². The highest BCUT2D eigenvalue weighted by Crippen LogP contribution is 2.36. The summed E-state index contributed by atoms with van der Waals surface area (Å²) in [6, 6.07) is 0. The van der Waals surface area contributed by atoms with Gasteiger partial charge >= 0.3 is 13.6 Å². The molecular weight excluding hydrogens is 447 g/mol. The van der Waals surface area contributed by atoms with Crippen molar-refractivity contribution in [3.63, 3.8) is 0 Å². The average molecular weight is 487 g/mol. The van der Waals surface area contributed by atoms with Crippen LogP contribution in [0, 0.1) is 0 Å². The third-order valence-corrected chi connectivity index (χ3v) is 6.39. The van der Waals surface area contributed by atoms with Gasteiger partial charge in [-0.2, -0.15) is 0 Å². The molecule has 0 aliphatic carbocycles. The van der Waals surface area contributed by atoms with Crippen LogP contribution >= 0.6 is 23.5 Å². The maximum Gasteiger partial charge on any atom is 0.325 e. The van der Waals surface area contributed by atoms with Gasteiger partial charge in [0.1, 0.15) is 6.10 Å². The second-order valence-corrected chi connectivity index (χ2v) is 10.3. The van der Waals surface area contributed by atoms with Crippen molar-refractivity contribution in [1.29, 1.82) is 0 Å². The number of aliphatic hydroxyl groups is 1. The van der Waals surface area contributed by atoms with Crippen molar-refractivity contribution in [2.75, 3.05) is 6.16 Å². The molecule has 0 bridgehead atoms. The number of aliphatic hydroxyl groups excluding tert-OH is 1. The lowest BCUT2D eigenvalue weighted by atomic mass is 10.0. The molecule has 28 heavy (non-hydrogen) atoms. The second kappa shape index (κ2) is 17.9. The number of alkyl halides is 1. The van der Waals surface area contributed by atoms with E-state index in [0.717, 1.165) is 19.3 Å². The summed E-state index contributed by atoms with van der Waals surface area (Å²) < 4.78 is 15.8. The number of hydrogen-bond acceptors (Lipinski definition) is 4. The lowest BCUT2D eigenvalue weighted by molar-refractivity contribution is -0.148. The summed E-state index contributed by atoms with van der Waals surface area (Å²) in [7, 11) is -4.16. The highest BCUT2D eigenvalue weighted by molar-refractivity contribution is 9.09. The van der Waals surface area contributed by atoms with Crippen molar-refractivity contribution >= 4 is 29.5 Å². The monoisotopic (exact) mass is 486 g/mol. The Kier molecular flexibility index (Phi) is 17.9. The van der Waals surface area contributed by atoms with Crippen LogP contribution in [-0.4, -0.2) is 38.1 Å². The van der Waals surface area contributed by atoms with E-state index in [0.29, 0.717) is 6.42 Å². The maximum absolute atomic E-state index is 11.7. The number of carbonyl (C=O) groups is 1. The van der Waals surface area contributed by atoms with Crippen LogP contribution in [0.25, 0.3) is 0 Å². The summed E-state index contributed by atoms with van der Waals surface area (Å²) in [5.74, 6) is -0.403. The Morgan fingerprint density at radius 1 is 0.893 bits per heavy atom. The van der Waals surface area contributed by atoms with Gasteiger partial charge in [0.05, 0.1) is 6.16 Å². The summed E-state index contributed by atoms with van der Waals surface area (Å²) in [4.78, 5) is 29.3. The predicted molar refractivity (Wildman–Crippen MR) is 117 cm³/mol. The summed E-state index contributed by atoms with van der Waals surface area (Å²) >= 11 is 3.05. The summed E-state index contributed by atoms with van der Waals surface area (Å²) in [5.41, 5.74) is 0. The zero-order chi connectivity index (χ0) is 21.3. The third kappa shape index (κ3) is 19.4. The van der Waals surface area contributed by atoms with Crippen LogP contribution in [0.1, 0.15) is 103 Å². The molecule has 0 radical (unpaired) electrons. The van der Waals surface area contributed by atoms with Gasteiger partial charge < -0.3 is 19.6 Å². The molecule has 0 aromatic carbocycles. The first-order chi connectivity index (χ1) is 13.3. The lowest BCUT2D eigenvalue weighted by Crippen LogP contribution is -2.27. The van der Waals surface area contributed by atoms with E-state index in [1.807, 2.05) is 0 Å². The summed E-state index contributed by atoms with van der Waals surface area (Å²) in [6.45, 7) is 2.24. The van der Waals surface area contributed by atoms with E-state index >= 15 is 0 Å². The van der Waals surface area contributed by atoms with Crippen LogP contribution in [0.15, 0.2) is 0 Å². The fourth-order valence-corrected chi connectivity index (χ4v) is 4.06. The number of rotatable bonds is 19. The Morgan fingerprint density at radius 2 is 1.32 bits per heavy atom. The van der Waals surface area contributed by atoms with Gasteiger partial charge in [-0.05, 0) is 28.8 Å². The molecule has 8 heteroatoms. The first kappa shape index (κ1) is 28.1. The minimum atomic E-state index is -4.16. The molecule has 0 amide bonds. The van der Waals surface area contributed by atoms with E-state index in [2.05, 4.69) is 22.9 Å². The molecule has 3 N–H and O–H groups in total. The minimum absolute atomic E-state index is 0.133. The van der Waals surface area contributed by atoms with Crippen molar-refractivity contribution in [2.45, 2.75) is 114 Å². The maximum atomic E-state index is 11.7. The number of ether oxygens (including phenoxy) is 1. The molecule has 0 saturated carbocycles. The molecule has 0 aliphatic heterocycles. The van der Waals surface area contributed by atoms with E-state index in [9.17, 15) is 14.5 Å². The zero-order valence-electron chi connectivity index (χ0n) is 17.4. The molecule has 1 unspecified atom stereocenters. The minimum Gasteiger partial charge on any atom is -0.448 e. The van der Waals surface area contributed by atoms with Crippen molar-refractivity contribution in [3.05, 3.63) is 0 Å². The molecule has 0 spiro atoms. The molecule has 2 atom stereocenters. The Morgan fingerprint density at radius 3 is 1.75 bits per heavy atom. The Balaban J connectivity index is 3.48. The zero-order valence-corrected chi connectivity index (χ0v) is 19.8.